The van der Waals surface area contributed by atoms with Crippen LogP contribution in [-0.4, -0.2) is 26.8 Å². The summed E-state index contributed by atoms with van der Waals surface area (Å²) in [7, 11) is -0.609. The summed E-state index contributed by atoms with van der Waals surface area (Å²) in [5, 5.41) is 0.446. The highest BCUT2D eigenvalue weighted by Gasteiger charge is 2.18. The summed E-state index contributed by atoms with van der Waals surface area (Å²) >= 11 is 6.00. The van der Waals surface area contributed by atoms with E-state index in [9.17, 15) is 8.42 Å². The summed E-state index contributed by atoms with van der Waals surface area (Å²) in [6.07, 6.45) is 0. The molecule has 0 aromatic heterocycles. The molecule has 112 valence electrons. The molecule has 0 spiro atoms. The van der Waals surface area contributed by atoms with E-state index in [1.807, 2.05) is 0 Å². The third-order valence-electron chi connectivity index (χ3n) is 2.82. The average Bonchev–Trinajstić information content (AvgIpc) is 2.43. The van der Waals surface area contributed by atoms with Gasteiger partial charge < -0.3 is 10.5 Å². The summed E-state index contributed by atoms with van der Waals surface area (Å²) < 4.78 is 30.8. The number of rotatable bonds is 4. The highest BCUT2D eigenvalue weighted by Crippen LogP contribution is 2.33. The standard InChI is InChI=1S/C14H15ClN2O3S/c1-17(2)21(18,19)10-7-8-14(12(16)9-10)20-13-6-4-3-5-11(13)15/h3-9H,16H2,1-2H3. The van der Waals surface area contributed by atoms with E-state index in [-0.39, 0.29) is 10.6 Å². The van der Waals surface area contributed by atoms with E-state index in [4.69, 9.17) is 22.1 Å². The minimum atomic E-state index is -3.53. The van der Waals surface area contributed by atoms with Crippen LogP contribution in [0.15, 0.2) is 47.4 Å². The van der Waals surface area contributed by atoms with Crippen molar-refractivity contribution in [3.63, 3.8) is 0 Å². The Kier molecular flexibility index (Phi) is 4.41. The Morgan fingerprint density at radius 2 is 1.76 bits per heavy atom. The van der Waals surface area contributed by atoms with E-state index in [0.717, 1.165) is 4.31 Å². The summed E-state index contributed by atoms with van der Waals surface area (Å²) in [6.45, 7) is 0. The van der Waals surface area contributed by atoms with E-state index >= 15 is 0 Å². The Morgan fingerprint density at radius 1 is 1.10 bits per heavy atom. The van der Waals surface area contributed by atoms with Gasteiger partial charge >= 0.3 is 0 Å². The molecule has 0 aliphatic carbocycles. The van der Waals surface area contributed by atoms with Crippen LogP contribution in [-0.2, 0) is 10.0 Å². The molecule has 7 heteroatoms. The second kappa shape index (κ2) is 5.93. The van der Waals surface area contributed by atoms with Gasteiger partial charge in [0.1, 0.15) is 11.5 Å². The fourth-order valence-electron chi connectivity index (χ4n) is 1.64. The van der Waals surface area contributed by atoms with E-state index in [2.05, 4.69) is 0 Å². The van der Waals surface area contributed by atoms with Crippen molar-refractivity contribution in [1.82, 2.24) is 4.31 Å². The van der Waals surface area contributed by atoms with E-state index in [0.29, 0.717) is 16.5 Å². The normalized spacial score (nSPS) is 11.6. The Labute approximate surface area is 128 Å². The van der Waals surface area contributed by atoms with E-state index in [1.54, 1.807) is 24.3 Å². The highest BCUT2D eigenvalue weighted by molar-refractivity contribution is 7.89. The fourth-order valence-corrected chi connectivity index (χ4v) is 2.75. The van der Waals surface area contributed by atoms with Crippen LogP contribution in [0.1, 0.15) is 0 Å². The first-order valence-corrected chi connectivity index (χ1v) is 7.88. The van der Waals surface area contributed by atoms with Crippen LogP contribution in [0.3, 0.4) is 0 Å². The second-order valence-corrected chi connectivity index (χ2v) is 7.08. The molecule has 2 aromatic carbocycles. The molecule has 0 unspecified atom stereocenters. The molecule has 0 atom stereocenters. The zero-order valence-electron chi connectivity index (χ0n) is 11.6. The number of anilines is 1. The number of benzene rings is 2. The van der Waals surface area contributed by atoms with Gasteiger partial charge in [-0.15, -0.1) is 0 Å². The number of halogens is 1. The average molecular weight is 327 g/mol. The van der Waals surface area contributed by atoms with Gasteiger partial charge in [0.15, 0.2) is 0 Å². The van der Waals surface area contributed by atoms with E-state index < -0.39 is 10.0 Å². The topological polar surface area (TPSA) is 72.6 Å². The number of para-hydroxylation sites is 1. The van der Waals surface area contributed by atoms with Crippen LogP contribution in [0, 0.1) is 0 Å². The van der Waals surface area contributed by atoms with Gasteiger partial charge in [-0.2, -0.15) is 0 Å². The van der Waals surface area contributed by atoms with Crippen molar-refractivity contribution < 1.29 is 13.2 Å². The third-order valence-corrected chi connectivity index (χ3v) is 4.94. The third kappa shape index (κ3) is 3.29. The Morgan fingerprint density at radius 3 is 2.33 bits per heavy atom. The molecular weight excluding hydrogens is 312 g/mol. The van der Waals surface area contributed by atoms with E-state index in [1.165, 1.54) is 32.3 Å². The van der Waals surface area contributed by atoms with Gasteiger partial charge in [0.25, 0.3) is 0 Å². The van der Waals surface area contributed by atoms with Gasteiger partial charge in [0.05, 0.1) is 15.6 Å². The first-order chi connectivity index (χ1) is 9.82. The number of nitrogens with two attached hydrogens (primary N) is 1. The molecule has 0 fully saturated rings. The van der Waals surface area contributed by atoms with Gasteiger partial charge in [-0.25, -0.2) is 12.7 Å². The first kappa shape index (κ1) is 15.6. The molecule has 0 heterocycles. The zero-order chi connectivity index (χ0) is 15.6. The molecule has 0 aliphatic rings. The molecule has 0 saturated carbocycles. The fraction of sp³-hybridized carbons (Fsp3) is 0.143. The van der Waals surface area contributed by atoms with Crippen LogP contribution in [0.25, 0.3) is 0 Å². The molecule has 5 nitrogen and oxygen atoms in total. The SMILES string of the molecule is CN(C)S(=O)(=O)c1ccc(Oc2ccccc2Cl)c(N)c1. The molecule has 21 heavy (non-hydrogen) atoms. The number of hydrogen-bond acceptors (Lipinski definition) is 4. The Bertz CT molecular complexity index is 761. The van der Waals surface area contributed by atoms with Crippen molar-refractivity contribution in [3.8, 4) is 11.5 Å². The smallest absolute Gasteiger partial charge is 0.242 e. The van der Waals surface area contributed by atoms with Crippen molar-refractivity contribution >= 4 is 27.3 Å². The Balaban J connectivity index is 2.35. The minimum Gasteiger partial charge on any atom is -0.454 e. The maximum atomic E-state index is 12.0. The van der Waals surface area contributed by atoms with Gasteiger partial charge in [-0.3, -0.25) is 0 Å². The van der Waals surface area contributed by atoms with Crippen LogP contribution < -0.4 is 10.5 Å². The zero-order valence-corrected chi connectivity index (χ0v) is 13.1. The van der Waals surface area contributed by atoms with Crippen molar-refractivity contribution in [1.29, 1.82) is 0 Å². The number of hydrogen-bond donors (Lipinski definition) is 1. The predicted octanol–water partition coefficient (Wildman–Crippen LogP) is 2.96. The lowest BCUT2D eigenvalue weighted by molar-refractivity contribution is 0.484. The van der Waals surface area contributed by atoms with Gasteiger partial charge in [-0.1, -0.05) is 23.7 Å². The van der Waals surface area contributed by atoms with Crippen LogP contribution in [0.4, 0.5) is 5.69 Å². The largest absolute Gasteiger partial charge is 0.454 e. The minimum absolute atomic E-state index is 0.108. The van der Waals surface area contributed by atoms with Gasteiger partial charge in [0.2, 0.25) is 10.0 Å². The molecule has 2 rings (SSSR count). The van der Waals surface area contributed by atoms with Gasteiger partial charge in [0, 0.05) is 14.1 Å². The van der Waals surface area contributed by atoms with Crippen LogP contribution in [0.2, 0.25) is 5.02 Å². The molecule has 2 aromatic rings. The highest BCUT2D eigenvalue weighted by atomic mass is 35.5. The number of ether oxygens (including phenoxy) is 1. The molecule has 0 saturated heterocycles. The molecule has 0 amide bonds. The number of nitrogen functional groups attached to an aromatic ring is 1. The predicted molar refractivity (Wildman–Crippen MR) is 83.3 cm³/mol. The van der Waals surface area contributed by atoms with Gasteiger partial charge in [-0.05, 0) is 30.3 Å². The summed E-state index contributed by atoms with van der Waals surface area (Å²) in [5.41, 5.74) is 6.09. The Hall–Kier alpha value is -1.76. The monoisotopic (exact) mass is 326 g/mol. The van der Waals surface area contributed by atoms with Crippen molar-refractivity contribution in [3.05, 3.63) is 47.5 Å². The van der Waals surface area contributed by atoms with Crippen LogP contribution in [0.5, 0.6) is 11.5 Å². The lowest BCUT2D eigenvalue weighted by Crippen LogP contribution is -2.22. The van der Waals surface area contributed by atoms with Crippen molar-refractivity contribution in [2.45, 2.75) is 4.90 Å². The molecular formula is C14H15ClN2O3S. The maximum Gasteiger partial charge on any atom is 0.242 e. The molecule has 0 aliphatic heterocycles. The second-order valence-electron chi connectivity index (χ2n) is 4.52. The molecule has 0 radical (unpaired) electrons. The lowest BCUT2D eigenvalue weighted by atomic mass is 10.3. The summed E-state index contributed by atoms with van der Waals surface area (Å²) in [4.78, 5) is 0.108. The summed E-state index contributed by atoms with van der Waals surface area (Å²) in [5.74, 6) is 0.801. The first-order valence-electron chi connectivity index (χ1n) is 6.07. The number of nitrogens with zero attached hydrogens (tertiary/aromatic N) is 1. The molecule has 0 bridgehead atoms. The maximum absolute atomic E-state index is 12.0. The van der Waals surface area contributed by atoms with Crippen molar-refractivity contribution in [2.24, 2.45) is 0 Å². The molecule has 2 N–H and O–H groups in total. The summed E-state index contributed by atoms with van der Waals surface area (Å²) in [6, 6.07) is 11.3. The lowest BCUT2D eigenvalue weighted by Gasteiger charge is -2.14. The van der Waals surface area contributed by atoms with Crippen LogP contribution >= 0.6 is 11.6 Å². The van der Waals surface area contributed by atoms with Crippen molar-refractivity contribution in [2.75, 3.05) is 19.8 Å². The number of sulfonamides is 1. The quantitative estimate of drug-likeness (QED) is 0.877.